The molecule has 1 atom stereocenters. The van der Waals surface area contributed by atoms with Gasteiger partial charge < -0.3 is 20.8 Å². The second-order valence-corrected chi connectivity index (χ2v) is 4.10. The summed E-state index contributed by atoms with van der Waals surface area (Å²) in [6.07, 6.45) is -0.415. The number of nitro benzene ring substituents is 1. The number of amides is 1. The van der Waals surface area contributed by atoms with E-state index in [9.17, 15) is 19.7 Å². The molecule has 9 heteroatoms. The number of nitrogens with zero attached hydrogens (tertiary/aromatic N) is 1. The SMILES string of the molecule is O=C(CC(NCCO)C(=O)O)Nc1ccccc1[N+](=O)[O-]. The monoisotopic (exact) mass is 297 g/mol. The minimum atomic E-state index is -1.25. The maximum absolute atomic E-state index is 11.8. The fourth-order valence-electron chi connectivity index (χ4n) is 1.61. The van der Waals surface area contributed by atoms with Crippen LogP contribution in [0.2, 0.25) is 0 Å². The number of aliphatic hydroxyl groups is 1. The number of carbonyl (C=O) groups excluding carboxylic acids is 1. The summed E-state index contributed by atoms with van der Waals surface area (Å²) < 4.78 is 0. The molecule has 114 valence electrons. The Balaban J connectivity index is 2.72. The van der Waals surface area contributed by atoms with Crippen molar-refractivity contribution in [3.8, 4) is 0 Å². The molecule has 0 aromatic heterocycles. The molecular weight excluding hydrogens is 282 g/mol. The summed E-state index contributed by atoms with van der Waals surface area (Å²) >= 11 is 0. The quantitative estimate of drug-likeness (QED) is 0.389. The zero-order valence-electron chi connectivity index (χ0n) is 11.0. The highest BCUT2D eigenvalue weighted by Crippen LogP contribution is 2.23. The van der Waals surface area contributed by atoms with Gasteiger partial charge >= 0.3 is 5.97 Å². The van der Waals surface area contributed by atoms with Crippen LogP contribution in [0.5, 0.6) is 0 Å². The van der Waals surface area contributed by atoms with Crippen LogP contribution in [0.15, 0.2) is 24.3 Å². The van der Waals surface area contributed by atoms with Crippen molar-refractivity contribution in [3.63, 3.8) is 0 Å². The molecular formula is C12H15N3O6. The average molecular weight is 297 g/mol. The number of nitrogens with one attached hydrogen (secondary N) is 2. The molecule has 0 saturated carbocycles. The Morgan fingerprint density at radius 2 is 2.00 bits per heavy atom. The first-order valence-electron chi connectivity index (χ1n) is 6.06. The molecule has 1 unspecified atom stereocenters. The standard InChI is InChI=1S/C12H15N3O6/c16-6-5-13-9(12(18)19)7-11(17)14-8-3-1-2-4-10(8)15(20)21/h1-4,9,13,16H,5-7H2,(H,14,17)(H,18,19). The summed E-state index contributed by atoms with van der Waals surface area (Å²) in [5.41, 5.74) is -0.278. The number of aliphatic hydroxyl groups excluding tert-OH is 1. The second kappa shape index (κ2) is 7.92. The van der Waals surface area contributed by atoms with Gasteiger partial charge in [-0.3, -0.25) is 19.7 Å². The van der Waals surface area contributed by atoms with Crippen LogP contribution in [-0.4, -0.2) is 46.2 Å². The molecule has 0 heterocycles. The third-order valence-electron chi connectivity index (χ3n) is 2.56. The average Bonchev–Trinajstić information content (AvgIpc) is 2.43. The molecule has 0 bridgehead atoms. The van der Waals surface area contributed by atoms with Crippen molar-refractivity contribution in [2.75, 3.05) is 18.5 Å². The second-order valence-electron chi connectivity index (χ2n) is 4.10. The lowest BCUT2D eigenvalue weighted by Crippen LogP contribution is -2.41. The minimum Gasteiger partial charge on any atom is -0.480 e. The number of anilines is 1. The van der Waals surface area contributed by atoms with E-state index in [1.807, 2.05) is 0 Å². The topological polar surface area (TPSA) is 142 Å². The van der Waals surface area contributed by atoms with Crippen LogP contribution in [0.4, 0.5) is 11.4 Å². The lowest BCUT2D eigenvalue weighted by molar-refractivity contribution is -0.383. The molecule has 1 rings (SSSR count). The van der Waals surface area contributed by atoms with Gasteiger partial charge in [0, 0.05) is 12.6 Å². The molecule has 0 saturated heterocycles. The van der Waals surface area contributed by atoms with Gasteiger partial charge in [0.2, 0.25) is 5.91 Å². The number of hydrogen-bond acceptors (Lipinski definition) is 6. The van der Waals surface area contributed by atoms with Gasteiger partial charge in [0.05, 0.1) is 18.0 Å². The largest absolute Gasteiger partial charge is 0.480 e. The molecule has 0 aliphatic rings. The van der Waals surface area contributed by atoms with Gasteiger partial charge in [0.15, 0.2) is 0 Å². The van der Waals surface area contributed by atoms with Gasteiger partial charge in [0.25, 0.3) is 5.69 Å². The number of nitro groups is 1. The summed E-state index contributed by atoms with van der Waals surface area (Å²) in [6, 6.07) is 4.37. The van der Waals surface area contributed by atoms with Crippen LogP contribution < -0.4 is 10.6 Å². The fourth-order valence-corrected chi connectivity index (χ4v) is 1.61. The predicted octanol–water partition coefficient (Wildman–Crippen LogP) is -0.0415. The van der Waals surface area contributed by atoms with E-state index in [2.05, 4.69) is 10.6 Å². The highest BCUT2D eigenvalue weighted by atomic mass is 16.6. The lowest BCUT2D eigenvalue weighted by atomic mass is 10.2. The third-order valence-corrected chi connectivity index (χ3v) is 2.56. The molecule has 1 amide bonds. The number of rotatable bonds is 8. The van der Waals surface area contributed by atoms with Crippen LogP contribution in [0.25, 0.3) is 0 Å². The Morgan fingerprint density at radius 1 is 1.33 bits per heavy atom. The molecule has 9 nitrogen and oxygen atoms in total. The molecule has 0 aliphatic carbocycles. The third kappa shape index (κ3) is 5.16. The van der Waals surface area contributed by atoms with Crippen molar-refractivity contribution in [1.29, 1.82) is 0 Å². The predicted molar refractivity (Wildman–Crippen MR) is 72.9 cm³/mol. The molecule has 4 N–H and O–H groups in total. The van der Waals surface area contributed by atoms with Crippen LogP contribution in [0, 0.1) is 10.1 Å². The summed E-state index contributed by atoms with van der Waals surface area (Å²) in [5.74, 6) is -1.93. The molecule has 0 fully saturated rings. The minimum absolute atomic E-state index is 0.00111. The normalized spacial score (nSPS) is 11.7. The number of benzene rings is 1. The molecule has 0 aliphatic heterocycles. The first-order valence-corrected chi connectivity index (χ1v) is 6.06. The number of para-hydroxylation sites is 2. The molecule has 0 radical (unpaired) electrons. The summed E-state index contributed by atoms with van der Waals surface area (Å²) in [5, 5.41) is 33.1. The van der Waals surface area contributed by atoms with Crippen molar-refractivity contribution in [1.82, 2.24) is 5.32 Å². The summed E-state index contributed by atoms with van der Waals surface area (Å²) in [4.78, 5) is 32.9. The van der Waals surface area contributed by atoms with Crippen LogP contribution in [0.1, 0.15) is 6.42 Å². The van der Waals surface area contributed by atoms with E-state index in [4.69, 9.17) is 10.2 Å². The van der Waals surface area contributed by atoms with Crippen molar-refractivity contribution in [2.45, 2.75) is 12.5 Å². The van der Waals surface area contributed by atoms with Gasteiger partial charge in [-0.2, -0.15) is 0 Å². The maximum Gasteiger partial charge on any atom is 0.321 e. The highest BCUT2D eigenvalue weighted by Gasteiger charge is 2.22. The summed E-state index contributed by atoms with van der Waals surface area (Å²) in [7, 11) is 0. The van der Waals surface area contributed by atoms with Crippen molar-refractivity contribution >= 4 is 23.3 Å². The first-order chi connectivity index (χ1) is 9.95. The molecule has 1 aromatic rings. The molecule has 1 aromatic carbocycles. The summed E-state index contributed by atoms with van der Waals surface area (Å²) in [6.45, 7) is -0.245. The Morgan fingerprint density at radius 3 is 2.57 bits per heavy atom. The van der Waals surface area contributed by atoms with Gasteiger partial charge in [-0.15, -0.1) is 0 Å². The van der Waals surface area contributed by atoms with Crippen LogP contribution in [0.3, 0.4) is 0 Å². The van der Waals surface area contributed by atoms with Crippen molar-refractivity contribution in [3.05, 3.63) is 34.4 Å². The van der Waals surface area contributed by atoms with E-state index in [0.29, 0.717) is 0 Å². The molecule has 21 heavy (non-hydrogen) atoms. The number of hydrogen-bond donors (Lipinski definition) is 4. The lowest BCUT2D eigenvalue weighted by Gasteiger charge is -2.13. The zero-order valence-corrected chi connectivity index (χ0v) is 11.0. The number of carboxylic acid groups (broad SMARTS) is 1. The number of carbonyl (C=O) groups is 2. The maximum atomic E-state index is 11.8. The first kappa shape index (κ1) is 16.5. The smallest absolute Gasteiger partial charge is 0.321 e. The highest BCUT2D eigenvalue weighted by molar-refractivity contribution is 5.95. The molecule has 0 spiro atoms. The fraction of sp³-hybridized carbons (Fsp3) is 0.333. The van der Waals surface area contributed by atoms with Gasteiger partial charge in [-0.1, -0.05) is 12.1 Å². The van der Waals surface area contributed by atoms with Crippen LogP contribution >= 0.6 is 0 Å². The van der Waals surface area contributed by atoms with E-state index in [1.54, 1.807) is 0 Å². The van der Waals surface area contributed by atoms with Crippen LogP contribution in [-0.2, 0) is 9.59 Å². The Hall–Kier alpha value is -2.52. The van der Waals surface area contributed by atoms with Crippen molar-refractivity contribution in [2.24, 2.45) is 0 Å². The Kier molecular flexibility index (Phi) is 6.24. The van der Waals surface area contributed by atoms with E-state index in [-0.39, 0.29) is 24.5 Å². The van der Waals surface area contributed by atoms with Gasteiger partial charge in [0.1, 0.15) is 11.7 Å². The van der Waals surface area contributed by atoms with Crippen molar-refractivity contribution < 1.29 is 24.7 Å². The van der Waals surface area contributed by atoms with E-state index < -0.39 is 29.3 Å². The Bertz CT molecular complexity index is 533. The Labute approximate surface area is 119 Å². The van der Waals surface area contributed by atoms with Gasteiger partial charge in [-0.25, -0.2) is 0 Å². The zero-order chi connectivity index (χ0) is 15.8. The van der Waals surface area contributed by atoms with E-state index in [1.165, 1.54) is 24.3 Å². The van der Waals surface area contributed by atoms with Gasteiger partial charge in [-0.05, 0) is 6.07 Å². The number of aliphatic carboxylic acids is 1. The number of carboxylic acids is 1. The van der Waals surface area contributed by atoms with E-state index >= 15 is 0 Å². The van der Waals surface area contributed by atoms with E-state index in [0.717, 1.165) is 0 Å².